The van der Waals surface area contributed by atoms with E-state index in [-0.39, 0.29) is 17.7 Å². The second kappa shape index (κ2) is 13.1. The lowest BCUT2D eigenvalue weighted by atomic mass is 10.0. The number of halogens is 1. The summed E-state index contributed by atoms with van der Waals surface area (Å²) < 4.78 is 12.1. The molecule has 7 nitrogen and oxygen atoms in total. The third-order valence-electron chi connectivity index (χ3n) is 6.62. The number of fused-ring (bicyclic) bond motifs is 1. The normalized spacial score (nSPS) is 11.4. The van der Waals surface area contributed by atoms with Crippen LogP contribution in [-0.2, 0) is 11.2 Å². The molecule has 0 heterocycles. The minimum absolute atomic E-state index is 0.0641. The summed E-state index contributed by atoms with van der Waals surface area (Å²) >= 11 is 3.48. The average Bonchev–Trinajstić information content (AvgIpc) is 3.01. The van der Waals surface area contributed by atoms with Gasteiger partial charge in [-0.25, -0.2) is 4.79 Å². The Balaban J connectivity index is 1.49. The molecule has 0 aliphatic carbocycles. The number of para-hydroxylation sites is 2. The molecule has 0 saturated heterocycles. The van der Waals surface area contributed by atoms with E-state index in [1.807, 2.05) is 54.6 Å². The summed E-state index contributed by atoms with van der Waals surface area (Å²) in [4.78, 5) is 40.4. The van der Waals surface area contributed by atoms with Gasteiger partial charge in [-0.15, -0.1) is 0 Å². The lowest BCUT2D eigenvalue weighted by molar-refractivity contribution is -0.136. The highest BCUT2D eigenvalue weighted by Gasteiger charge is 2.26. The van der Waals surface area contributed by atoms with E-state index in [0.29, 0.717) is 17.0 Å². The van der Waals surface area contributed by atoms with Crippen LogP contribution in [0.25, 0.3) is 10.8 Å². The van der Waals surface area contributed by atoms with Crippen molar-refractivity contribution in [2.24, 2.45) is 0 Å². The Bertz CT molecular complexity index is 1740. The van der Waals surface area contributed by atoms with Crippen molar-refractivity contribution in [1.82, 2.24) is 5.32 Å². The first-order valence-electron chi connectivity index (χ1n) is 13.2. The van der Waals surface area contributed by atoms with E-state index in [1.54, 1.807) is 60.7 Å². The first-order chi connectivity index (χ1) is 20.4. The van der Waals surface area contributed by atoms with Gasteiger partial charge in [0.15, 0.2) is 0 Å². The summed E-state index contributed by atoms with van der Waals surface area (Å²) in [6.07, 6.45) is 0.196. The van der Waals surface area contributed by atoms with Gasteiger partial charge < -0.3 is 20.1 Å². The number of amides is 2. The third kappa shape index (κ3) is 6.85. The summed E-state index contributed by atoms with van der Waals surface area (Å²) in [5, 5.41) is 7.21. The second-order valence-electron chi connectivity index (χ2n) is 9.50. The van der Waals surface area contributed by atoms with Crippen LogP contribution >= 0.6 is 15.9 Å². The second-order valence-corrected chi connectivity index (χ2v) is 10.4. The summed E-state index contributed by atoms with van der Waals surface area (Å²) in [7, 11) is 1.52. The first kappa shape index (κ1) is 28.6. The van der Waals surface area contributed by atoms with Gasteiger partial charge in [0, 0.05) is 16.5 Å². The number of methoxy groups -OCH3 is 1. The molecule has 0 aliphatic rings. The zero-order chi connectivity index (χ0) is 29.5. The van der Waals surface area contributed by atoms with Crippen LogP contribution in [-0.4, -0.2) is 30.9 Å². The molecule has 2 amide bonds. The van der Waals surface area contributed by atoms with E-state index in [1.165, 1.54) is 7.11 Å². The van der Waals surface area contributed by atoms with Crippen LogP contribution in [0.4, 0.5) is 5.69 Å². The number of anilines is 1. The third-order valence-corrected chi connectivity index (χ3v) is 7.11. The molecule has 42 heavy (non-hydrogen) atoms. The number of hydrogen-bond acceptors (Lipinski definition) is 5. The maximum absolute atomic E-state index is 13.7. The number of carbonyl (C=O) groups is 3. The van der Waals surface area contributed by atoms with Crippen LogP contribution in [0, 0.1) is 0 Å². The van der Waals surface area contributed by atoms with Gasteiger partial charge in [0.05, 0.1) is 18.4 Å². The van der Waals surface area contributed by atoms with Gasteiger partial charge in [-0.2, -0.15) is 0 Å². The first-order valence-corrected chi connectivity index (χ1v) is 14.0. The number of ether oxygens (including phenoxy) is 2. The van der Waals surface area contributed by atoms with Crippen molar-refractivity contribution < 1.29 is 23.9 Å². The van der Waals surface area contributed by atoms with Gasteiger partial charge in [-0.3, -0.25) is 9.59 Å². The van der Waals surface area contributed by atoms with Crippen molar-refractivity contribution >= 4 is 50.2 Å². The zero-order valence-corrected chi connectivity index (χ0v) is 24.3. The van der Waals surface area contributed by atoms with Crippen molar-refractivity contribution in [1.29, 1.82) is 0 Å². The van der Waals surface area contributed by atoms with Gasteiger partial charge in [-0.05, 0) is 64.9 Å². The Labute approximate surface area is 251 Å². The molecule has 0 fully saturated rings. The van der Waals surface area contributed by atoms with Crippen molar-refractivity contribution in [2.45, 2.75) is 12.5 Å². The molecular formula is C34H27BrN2O5. The van der Waals surface area contributed by atoms with Gasteiger partial charge in [0.2, 0.25) is 0 Å². The fourth-order valence-electron chi connectivity index (χ4n) is 4.50. The van der Waals surface area contributed by atoms with Crippen LogP contribution in [0.5, 0.6) is 11.5 Å². The maximum atomic E-state index is 13.7. The molecule has 210 valence electrons. The summed E-state index contributed by atoms with van der Waals surface area (Å²) in [5.41, 5.74) is 1.86. The molecule has 5 aromatic carbocycles. The molecule has 0 spiro atoms. The van der Waals surface area contributed by atoms with Crippen molar-refractivity contribution in [3.05, 3.63) is 136 Å². The molecule has 2 N–H and O–H groups in total. The topological polar surface area (TPSA) is 93.7 Å². The highest BCUT2D eigenvalue weighted by Crippen LogP contribution is 2.31. The fourth-order valence-corrected chi connectivity index (χ4v) is 4.88. The van der Waals surface area contributed by atoms with Crippen LogP contribution < -0.4 is 20.1 Å². The Morgan fingerprint density at radius 2 is 1.43 bits per heavy atom. The predicted octanol–water partition coefficient (Wildman–Crippen LogP) is 6.81. The monoisotopic (exact) mass is 622 g/mol. The Morgan fingerprint density at radius 3 is 2.17 bits per heavy atom. The highest BCUT2D eigenvalue weighted by atomic mass is 79.9. The van der Waals surface area contributed by atoms with E-state index >= 15 is 0 Å². The Morgan fingerprint density at radius 1 is 0.738 bits per heavy atom. The van der Waals surface area contributed by atoms with Crippen LogP contribution in [0.2, 0.25) is 0 Å². The van der Waals surface area contributed by atoms with E-state index in [0.717, 1.165) is 20.8 Å². The number of benzene rings is 5. The molecule has 8 heteroatoms. The Hall–Kier alpha value is -4.95. The molecule has 0 aliphatic heterocycles. The van der Waals surface area contributed by atoms with Crippen molar-refractivity contribution in [3.63, 3.8) is 0 Å². The molecule has 0 aromatic heterocycles. The zero-order valence-electron chi connectivity index (χ0n) is 22.7. The van der Waals surface area contributed by atoms with Gasteiger partial charge in [0.1, 0.15) is 17.5 Å². The number of hydrogen-bond donors (Lipinski definition) is 2. The molecule has 1 unspecified atom stereocenters. The van der Waals surface area contributed by atoms with E-state index in [2.05, 4.69) is 26.6 Å². The van der Waals surface area contributed by atoms with Crippen molar-refractivity contribution in [3.8, 4) is 11.5 Å². The quantitative estimate of drug-likeness (QED) is 0.139. The maximum Gasteiger partial charge on any atom is 0.334 e. The van der Waals surface area contributed by atoms with Crippen molar-refractivity contribution in [2.75, 3.05) is 12.4 Å². The number of rotatable bonds is 9. The number of nitrogens with one attached hydrogen (secondary N) is 2. The lowest BCUT2D eigenvalue weighted by Gasteiger charge is -2.19. The van der Waals surface area contributed by atoms with Crippen LogP contribution in [0.1, 0.15) is 26.3 Å². The van der Waals surface area contributed by atoms with Gasteiger partial charge in [-0.1, -0.05) is 82.7 Å². The van der Waals surface area contributed by atoms with E-state index in [4.69, 9.17) is 9.47 Å². The number of carbonyl (C=O) groups excluding carboxylic acids is 3. The van der Waals surface area contributed by atoms with Gasteiger partial charge >= 0.3 is 5.97 Å². The largest absolute Gasteiger partial charge is 0.495 e. The smallest absolute Gasteiger partial charge is 0.334 e. The number of esters is 1. The SMILES string of the molecule is COc1ccccc1NC(=O)c1cc2cc(Br)ccc2cc1OC(=O)C(Cc1ccccc1)NC(=O)c1ccccc1. The van der Waals surface area contributed by atoms with Crippen LogP contribution in [0.3, 0.4) is 0 Å². The summed E-state index contributed by atoms with van der Waals surface area (Å²) in [6, 6.07) is 32.9. The van der Waals surface area contributed by atoms with Gasteiger partial charge in [0.25, 0.3) is 11.8 Å². The molecule has 0 saturated carbocycles. The molecular weight excluding hydrogens is 596 g/mol. The highest BCUT2D eigenvalue weighted by molar-refractivity contribution is 9.10. The predicted molar refractivity (Wildman–Crippen MR) is 166 cm³/mol. The standard InChI is InChI=1S/C34H27BrN2O5/c1-41-30-15-9-8-14-28(30)36-33(39)27-20-25-19-26(35)17-16-24(25)21-31(27)42-34(40)29(18-22-10-4-2-5-11-22)37-32(38)23-12-6-3-7-13-23/h2-17,19-21,29H,18H2,1H3,(H,36,39)(H,37,38). The molecule has 5 aromatic rings. The van der Waals surface area contributed by atoms with E-state index < -0.39 is 23.8 Å². The summed E-state index contributed by atoms with van der Waals surface area (Å²) in [5.74, 6) is -1.05. The fraction of sp³-hybridized carbons (Fsp3) is 0.0882. The molecule has 0 bridgehead atoms. The molecule has 1 atom stereocenters. The lowest BCUT2D eigenvalue weighted by Crippen LogP contribution is -2.44. The minimum Gasteiger partial charge on any atom is -0.495 e. The Kier molecular flexibility index (Phi) is 8.94. The average molecular weight is 624 g/mol. The minimum atomic E-state index is -1.02. The summed E-state index contributed by atoms with van der Waals surface area (Å²) in [6.45, 7) is 0. The van der Waals surface area contributed by atoms with Crippen LogP contribution in [0.15, 0.2) is 120 Å². The molecule has 5 rings (SSSR count). The van der Waals surface area contributed by atoms with E-state index in [9.17, 15) is 14.4 Å². The molecule has 0 radical (unpaired) electrons.